The van der Waals surface area contributed by atoms with E-state index in [2.05, 4.69) is 0 Å². The second-order valence-electron chi connectivity index (χ2n) is 7.75. The molecule has 1 atom stereocenters. The first-order valence-electron chi connectivity index (χ1n) is 10.6. The van der Waals surface area contributed by atoms with Crippen LogP contribution in [-0.4, -0.2) is 75.6 Å². The monoisotopic (exact) mass is 460 g/mol. The number of para-hydroxylation sites is 2. The first-order valence-corrected chi connectivity index (χ1v) is 12.0. The SMILES string of the molecule is O=C([C@H]1COc2ccccc2O1)N1CCN(S(=O)(=O)c2ccc3c(c2)OCCCO3)CC1. The van der Waals surface area contributed by atoms with Gasteiger partial charge in [0.05, 0.1) is 18.1 Å². The molecule has 0 aliphatic carbocycles. The lowest BCUT2D eigenvalue weighted by atomic mass is 10.2. The van der Waals surface area contributed by atoms with E-state index in [0.29, 0.717) is 36.2 Å². The first-order chi connectivity index (χ1) is 15.5. The number of rotatable bonds is 3. The Bertz CT molecular complexity index is 1110. The van der Waals surface area contributed by atoms with Gasteiger partial charge >= 0.3 is 0 Å². The zero-order valence-corrected chi connectivity index (χ0v) is 18.3. The number of fused-ring (bicyclic) bond motifs is 2. The molecule has 32 heavy (non-hydrogen) atoms. The molecule has 3 aliphatic rings. The van der Waals surface area contributed by atoms with Gasteiger partial charge in [-0.3, -0.25) is 4.79 Å². The summed E-state index contributed by atoms with van der Waals surface area (Å²) >= 11 is 0. The third-order valence-electron chi connectivity index (χ3n) is 5.69. The third kappa shape index (κ3) is 3.95. The Hall–Kier alpha value is -2.98. The van der Waals surface area contributed by atoms with E-state index in [1.165, 1.54) is 16.4 Å². The molecule has 2 aromatic carbocycles. The van der Waals surface area contributed by atoms with Crippen molar-refractivity contribution >= 4 is 15.9 Å². The quantitative estimate of drug-likeness (QED) is 0.686. The van der Waals surface area contributed by atoms with Crippen molar-refractivity contribution in [3.63, 3.8) is 0 Å². The number of carbonyl (C=O) groups is 1. The summed E-state index contributed by atoms with van der Waals surface area (Å²) in [5.74, 6) is 1.93. The van der Waals surface area contributed by atoms with E-state index >= 15 is 0 Å². The van der Waals surface area contributed by atoms with Gasteiger partial charge in [-0.05, 0) is 24.3 Å². The van der Waals surface area contributed by atoms with Crippen LogP contribution in [0.2, 0.25) is 0 Å². The number of amides is 1. The number of carbonyl (C=O) groups excluding carboxylic acids is 1. The lowest BCUT2D eigenvalue weighted by Gasteiger charge is -2.36. The number of sulfonamides is 1. The predicted molar refractivity (Wildman–Crippen MR) is 114 cm³/mol. The van der Waals surface area contributed by atoms with E-state index in [1.807, 2.05) is 12.1 Å². The molecule has 10 heteroatoms. The molecular formula is C22H24N2O7S. The van der Waals surface area contributed by atoms with Gasteiger partial charge in [0.15, 0.2) is 23.0 Å². The van der Waals surface area contributed by atoms with Gasteiger partial charge < -0.3 is 23.8 Å². The fourth-order valence-corrected chi connectivity index (χ4v) is 5.38. The largest absolute Gasteiger partial charge is 0.490 e. The van der Waals surface area contributed by atoms with E-state index in [9.17, 15) is 13.2 Å². The summed E-state index contributed by atoms with van der Waals surface area (Å²) in [6, 6.07) is 11.9. The molecular weight excluding hydrogens is 436 g/mol. The molecule has 3 heterocycles. The molecule has 0 unspecified atom stereocenters. The molecule has 0 N–H and O–H groups in total. The Morgan fingerprint density at radius 2 is 1.53 bits per heavy atom. The highest BCUT2D eigenvalue weighted by Crippen LogP contribution is 2.34. The highest BCUT2D eigenvalue weighted by molar-refractivity contribution is 7.89. The molecule has 0 saturated carbocycles. The Morgan fingerprint density at radius 3 is 2.31 bits per heavy atom. The van der Waals surface area contributed by atoms with E-state index in [1.54, 1.807) is 23.1 Å². The molecule has 1 fully saturated rings. The lowest BCUT2D eigenvalue weighted by molar-refractivity contribution is -0.142. The van der Waals surface area contributed by atoms with Crippen LogP contribution < -0.4 is 18.9 Å². The average molecular weight is 461 g/mol. The molecule has 0 radical (unpaired) electrons. The van der Waals surface area contributed by atoms with Gasteiger partial charge in [-0.1, -0.05) is 12.1 Å². The van der Waals surface area contributed by atoms with Crippen molar-refractivity contribution < 1.29 is 32.2 Å². The minimum Gasteiger partial charge on any atom is -0.490 e. The van der Waals surface area contributed by atoms with Crippen LogP contribution in [0.25, 0.3) is 0 Å². The molecule has 9 nitrogen and oxygen atoms in total. The van der Waals surface area contributed by atoms with Crippen molar-refractivity contribution in [2.24, 2.45) is 0 Å². The van der Waals surface area contributed by atoms with Gasteiger partial charge in [-0.15, -0.1) is 0 Å². The highest BCUT2D eigenvalue weighted by Gasteiger charge is 2.35. The van der Waals surface area contributed by atoms with E-state index in [0.717, 1.165) is 6.42 Å². The van der Waals surface area contributed by atoms with Gasteiger partial charge in [0.1, 0.15) is 6.61 Å². The standard InChI is InChI=1S/C22H24N2O7S/c25-22(21-15-30-17-4-1-2-5-19(17)31-21)23-8-10-24(11-9-23)32(26,27)16-6-7-18-20(14-16)29-13-3-12-28-18/h1-2,4-7,14,21H,3,8-13,15H2/t21-/m1/s1. The van der Waals surface area contributed by atoms with Crippen LogP contribution in [0.3, 0.4) is 0 Å². The summed E-state index contributed by atoms with van der Waals surface area (Å²) in [6.07, 6.45) is 0.00319. The van der Waals surface area contributed by atoms with Crippen molar-refractivity contribution in [3.05, 3.63) is 42.5 Å². The van der Waals surface area contributed by atoms with Crippen LogP contribution in [0.1, 0.15) is 6.42 Å². The van der Waals surface area contributed by atoms with Gasteiger partial charge in [-0.2, -0.15) is 4.31 Å². The smallest absolute Gasteiger partial charge is 0.267 e. The summed E-state index contributed by atoms with van der Waals surface area (Å²) in [5.41, 5.74) is 0. The maximum Gasteiger partial charge on any atom is 0.267 e. The number of hydrogen-bond acceptors (Lipinski definition) is 7. The summed E-state index contributed by atoms with van der Waals surface area (Å²) in [5, 5.41) is 0. The minimum absolute atomic E-state index is 0.131. The van der Waals surface area contributed by atoms with Crippen LogP contribution in [0, 0.1) is 0 Å². The number of ether oxygens (including phenoxy) is 4. The Balaban J connectivity index is 1.23. The fourth-order valence-electron chi connectivity index (χ4n) is 3.95. The molecule has 1 saturated heterocycles. The van der Waals surface area contributed by atoms with Crippen LogP contribution >= 0.6 is 0 Å². The molecule has 0 spiro atoms. The van der Waals surface area contributed by atoms with Crippen LogP contribution in [0.5, 0.6) is 23.0 Å². The summed E-state index contributed by atoms with van der Waals surface area (Å²) in [6.45, 7) is 2.12. The zero-order valence-electron chi connectivity index (χ0n) is 17.4. The second kappa shape index (κ2) is 8.51. The number of piperazine rings is 1. The second-order valence-corrected chi connectivity index (χ2v) is 9.69. The van der Waals surface area contributed by atoms with Gasteiger partial charge in [0, 0.05) is 38.7 Å². The zero-order chi connectivity index (χ0) is 22.1. The van der Waals surface area contributed by atoms with Crippen molar-refractivity contribution in [1.29, 1.82) is 0 Å². The Kier molecular flexibility index (Phi) is 5.56. The highest BCUT2D eigenvalue weighted by atomic mass is 32.2. The van der Waals surface area contributed by atoms with E-state index in [-0.39, 0.29) is 43.6 Å². The Labute approximate surface area is 186 Å². The summed E-state index contributed by atoms with van der Waals surface area (Å²) in [4.78, 5) is 14.7. The lowest BCUT2D eigenvalue weighted by Crippen LogP contribution is -2.55. The third-order valence-corrected chi connectivity index (χ3v) is 7.59. The molecule has 1 amide bonds. The first kappa shape index (κ1) is 20.9. The summed E-state index contributed by atoms with van der Waals surface area (Å²) < 4.78 is 50.3. The van der Waals surface area contributed by atoms with Crippen molar-refractivity contribution in [1.82, 2.24) is 9.21 Å². The van der Waals surface area contributed by atoms with Gasteiger partial charge in [0.25, 0.3) is 5.91 Å². The van der Waals surface area contributed by atoms with Crippen LogP contribution in [0.15, 0.2) is 47.4 Å². The number of hydrogen-bond donors (Lipinski definition) is 0. The topological polar surface area (TPSA) is 94.6 Å². The van der Waals surface area contributed by atoms with E-state index < -0.39 is 16.1 Å². The average Bonchev–Trinajstić information content (AvgIpc) is 3.08. The normalized spacial score (nSPS) is 21.0. The maximum atomic E-state index is 13.2. The minimum atomic E-state index is -3.72. The van der Waals surface area contributed by atoms with Gasteiger partial charge in [-0.25, -0.2) is 8.42 Å². The molecule has 3 aliphatic heterocycles. The number of benzene rings is 2. The van der Waals surface area contributed by atoms with Gasteiger partial charge in [0.2, 0.25) is 16.1 Å². The molecule has 2 aromatic rings. The fraction of sp³-hybridized carbons (Fsp3) is 0.409. The predicted octanol–water partition coefficient (Wildman–Crippen LogP) is 1.52. The van der Waals surface area contributed by atoms with Crippen molar-refractivity contribution in [3.8, 4) is 23.0 Å². The summed E-state index contributed by atoms with van der Waals surface area (Å²) in [7, 11) is -3.72. The molecule has 0 bridgehead atoms. The van der Waals surface area contributed by atoms with Crippen molar-refractivity contribution in [2.75, 3.05) is 46.0 Å². The Morgan fingerprint density at radius 1 is 0.844 bits per heavy atom. The van der Waals surface area contributed by atoms with Crippen LogP contribution in [-0.2, 0) is 14.8 Å². The van der Waals surface area contributed by atoms with E-state index in [4.69, 9.17) is 18.9 Å². The van der Waals surface area contributed by atoms with Crippen molar-refractivity contribution in [2.45, 2.75) is 17.4 Å². The molecule has 0 aromatic heterocycles. The molecule has 5 rings (SSSR count). The number of nitrogens with zero attached hydrogens (tertiary/aromatic N) is 2. The maximum absolute atomic E-state index is 13.2. The molecule has 170 valence electrons. The van der Waals surface area contributed by atoms with Crippen LogP contribution in [0.4, 0.5) is 0 Å².